The normalized spacial score (nSPS) is 17.6. The Hall–Kier alpha value is -1.02. The zero-order valence-electron chi connectivity index (χ0n) is 12.9. The van der Waals surface area contributed by atoms with Crippen molar-refractivity contribution in [1.82, 2.24) is 0 Å². The molecule has 1 aromatic carbocycles. The average Bonchev–Trinajstić information content (AvgIpc) is 2.33. The maximum absolute atomic E-state index is 5.31. The molecule has 2 rings (SSSR count). The summed E-state index contributed by atoms with van der Waals surface area (Å²) in [5, 5.41) is 3.62. The summed E-state index contributed by atoms with van der Waals surface area (Å²) in [4.78, 5) is 0. The number of rotatable bonds is 5. The van der Waals surface area contributed by atoms with Crippen molar-refractivity contribution >= 4 is 5.69 Å². The Morgan fingerprint density at radius 2 is 1.84 bits per heavy atom. The molecule has 0 amide bonds. The minimum atomic E-state index is 0.310. The van der Waals surface area contributed by atoms with Crippen LogP contribution in [-0.2, 0) is 4.74 Å². The van der Waals surface area contributed by atoms with Gasteiger partial charge in [0.15, 0.2) is 0 Å². The summed E-state index contributed by atoms with van der Waals surface area (Å²) in [5.41, 5.74) is 4.44. The predicted octanol–water partition coefficient (Wildman–Crippen LogP) is 4.38. The first-order valence-electron chi connectivity index (χ1n) is 7.37. The molecular formula is C17H27NO. The van der Waals surface area contributed by atoms with Crippen molar-refractivity contribution in [3.8, 4) is 0 Å². The lowest BCUT2D eigenvalue weighted by Crippen LogP contribution is -2.45. The highest BCUT2D eigenvalue weighted by atomic mass is 16.5. The Morgan fingerprint density at radius 1 is 1.16 bits per heavy atom. The summed E-state index contributed by atoms with van der Waals surface area (Å²) >= 11 is 0. The lowest BCUT2D eigenvalue weighted by atomic mass is 9.88. The molecule has 106 valence electrons. The summed E-state index contributed by atoms with van der Waals surface area (Å²) in [6.07, 6.45) is 0. The molecule has 1 aromatic rings. The molecule has 0 aromatic heterocycles. The van der Waals surface area contributed by atoms with Crippen LogP contribution in [0.2, 0.25) is 0 Å². The fraction of sp³-hybridized carbons (Fsp3) is 0.647. The van der Waals surface area contributed by atoms with Gasteiger partial charge in [0.1, 0.15) is 0 Å². The quantitative estimate of drug-likeness (QED) is 0.849. The molecule has 1 fully saturated rings. The topological polar surface area (TPSA) is 21.3 Å². The van der Waals surface area contributed by atoms with E-state index in [9.17, 15) is 0 Å². The summed E-state index contributed by atoms with van der Waals surface area (Å²) in [7, 11) is 0. The van der Waals surface area contributed by atoms with E-state index in [4.69, 9.17) is 4.74 Å². The van der Waals surface area contributed by atoms with Gasteiger partial charge in [-0.15, -0.1) is 0 Å². The van der Waals surface area contributed by atoms with Crippen molar-refractivity contribution < 1.29 is 4.74 Å². The zero-order chi connectivity index (χ0) is 14.0. The van der Waals surface area contributed by atoms with Gasteiger partial charge in [0.25, 0.3) is 0 Å². The van der Waals surface area contributed by atoms with Crippen molar-refractivity contribution in [2.24, 2.45) is 5.41 Å². The lowest BCUT2D eigenvalue weighted by molar-refractivity contribution is -0.0924. The van der Waals surface area contributed by atoms with Crippen molar-refractivity contribution in [1.29, 1.82) is 0 Å². The van der Waals surface area contributed by atoms with Crippen molar-refractivity contribution in [3.05, 3.63) is 29.3 Å². The van der Waals surface area contributed by atoms with E-state index < -0.39 is 0 Å². The standard InChI is InChI=1S/C17H27NO/c1-12(2)14-6-7-16(15(8-14)13(3)4)18-9-17(5)10-19-11-17/h6-8,12-13,18H,9-11H2,1-5H3. The first-order valence-corrected chi connectivity index (χ1v) is 7.37. The number of anilines is 1. The largest absolute Gasteiger partial charge is 0.384 e. The number of nitrogens with one attached hydrogen (secondary N) is 1. The van der Waals surface area contributed by atoms with Crippen LogP contribution in [0.4, 0.5) is 5.69 Å². The highest BCUT2D eigenvalue weighted by Gasteiger charge is 2.33. The number of hydrogen-bond donors (Lipinski definition) is 1. The van der Waals surface area contributed by atoms with E-state index in [0.717, 1.165) is 19.8 Å². The zero-order valence-corrected chi connectivity index (χ0v) is 12.9. The van der Waals surface area contributed by atoms with Gasteiger partial charge >= 0.3 is 0 Å². The summed E-state index contributed by atoms with van der Waals surface area (Å²) < 4.78 is 5.31. The molecule has 0 atom stereocenters. The Morgan fingerprint density at radius 3 is 2.32 bits per heavy atom. The third kappa shape index (κ3) is 3.30. The first kappa shape index (κ1) is 14.4. The second kappa shape index (κ2) is 5.54. The summed E-state index contributed by atoms with van der Waals surface area (Å²) in [5.74, 6) is 1.13. The third-order valence-electron chi connectivity index (χ3n) is 3.97. The van der Waals surface area contributed by atoms with Crippen LogP contribution in [0.1, 0.15) is 57.6 Å². The minimum absolute atomic E-state index is 0.310. The minimum Gasteiger partial charge on any atom is -0.384 e. The van der Waals surface area contributed by atoms with Crippen LogP contribution in [0.5, 0.6) is 0 Å². The monoisotopic (exact) mass is 261 g/mol. The molecule has 2 heteroatoms. The summed E-state index contributed by atoms with van der Waals surface area (Å²) in [6, 6.07) is 6.85. The fourth-order valence-corrected chi connectivity index (χ4v) is 2.44. The van der Waals surface area contributed by atoms with E-state index >= 15 is 0 Å². The van der Waals surface area contributed by atoms with E-state index in [1.54, 1.807) is 0 Å². The molecule has 0 saturated carbocycles. The van der Waals surface area contributed by atoms with Gasteiger partial charge < -0.3 is 10.1 Å². The second-order valence-electron chi connectivity index (χ2n) is 6.81. The van der Waals surface area contributed by atoms with Crippen LogP contribution in [0.3, 0.4) is 0 Å². The van der Waals surface area contributed by atoms with Crippen molar-refractivity contribution in [2.75, 3.05) is 25.1 Å². The van der Waals surface area contributed by atoms with Gasteiger partial charge in [-0.05, 0) is 29.0 Å². The van der Waals surface area contributed by atoms with E-state index in [1.165, 1.54) is 16.8 Å². The first-order chi connectivity index (χ1) is 8.91. The number of ether oxygens (including phenoxy) is 1. The Bertz CT molecular complexity index is 433. The van der Waals surface area contributed by atoms with Gasteiger partial charge in [-0.2, -0.15) is 0 Å². The molecule has 2 nitrogen and oxygen atoms in total. The molecule has 0 radical (unpaired) electrons. The second-order valence-corrected chi connectivity index (χ2v) is 6.81. The lowest BCUT2D eigenvalue weighted by Gasteiger charge is -2.38. The van der Waals surface area contributed by atoms with Gasteiger partial charge in [0, 0.05) is 17.6 Å². The van der Waals surface area contributed by atoms with Gasteiger partial charge in [0.2, 0.25) is 0 Å². The molecule has 0 bridgehead atoms. The maximum Gasteiger partial charge on any atom is 0.0559 e. The molecule has 1 aliphatic heterocycles. The van der Waals surface area contributed by atoms with Gasteiger partial charge in [-0.3, -0.25) is 0 Å². The van der Waals surface area contributed by atoms with E-state index in [2.05, 4.69) is 58.1 Å². The van der Waals surface area contributed by atoms with E-state index in [1.807, 2.05) is 0 Å². The Balaban J connectivity index is 2.14. The maximum atomic E-state index is 5.31. The molecule has 1 aliphatic rings. The molecule has 0 spiro atoms. The van der Waals surface area contributed by atoms with Crippen LogP contribution in [-0.4, -0.2) is 19.8 Å². The smallest absolute Gasteiger partial charge is 0.0559 e. The molecule has 1 saturated heterocycles. The van der Waals surface area contributed by atoms with Crippen molar-refractivity contribution in [2.45, 2.75) is 46.5 Å². The van der Waals surface area contributed by atoms with Crippen LogP contribution in [0.25, 0.3) is 0 Å². The van der Waals surface area contributed by atoms with Gasteiger partial charge in [-0.25, -0.2) is 0 Å². The van der Waals surface area contributed by atoms with Crippen molar-refractivity contribution in [3.63, 3.8) is 0 Å². The molecule has 19 heavy (non-hydrogen) atoms. The van der Waals surface area contributed by atoms with Crippen LogP contribution < -0.4 is 5.32 Å². The van der Waals surface area contributed by atoms with Crippen LogP contribution in [0.15, 0.2) is 18.2 Å². The van der Waals surface area contributed by atoms with Gasteiger partial charge in [-0.1, -0.05) is 46.8 Å². The SMILES string of the molecule is CC(C)c1ccc(NCC2(C)COC2)c(C(C)C)c1. The number of benzene rings is 1. The van der Waals surface area contributed by atoms with E-state index in [-0.39, 0.29) is 0 Å². The molecule has 1 heterocycles. The van der Waals surface area contributed by atoms with Crippen LogP contribution >= 0.6 is 0 Å². The van der Waals surface area contributed by atoms with Gasteiger partial charge in [0.05, 0.1) is 13.2 Å². The number of hydrogen-bond acceptors (Lipinski definition) is 2. The summed E-state index contributed by atoms with van der Waals surface area (Å²) in [6.45, 7) is 14.0. The van der Waals surface area contributed by atoms with Crippen LogP contribution in [0, 0.1) is 5.41 Å². The predicted molar refractivity (Wildman–Crippen MR) is 82.0 cm³/mol. The molecule has 0 aliphatic carbocycles. The third-order valence-corrected chi connectivity index (χ3v) is 3.97. The molecule has 0 unspecified atom stereocenters. The highest BCUT2D eigenvalue weighted by Crippen LogP contribution is 2.31. The fourth-order valence-electron chi connectivity index (χ4n) is 2.44. The average molecular weight is 261 g/mol. The Labute approximate surface area is 117 Å². The highest BCUT2D eigenvalue weighted by molar-refractivity contribution is 5.54. The Kier molecular flexibility index (Phi) is 4.19. The molecular weight excluding hydrogens is 234 g/mol. The molecule has 1 N–H and O–H groups in total. The van der Waals surface area contributed by atoms with E-state index in [0.29, 0.717) is 17.3 Å².